The second kappa shape index (κ2) is 7.16. The third-order valence-corrected chi connectivity index (χ3v) is 4.14. The van der Waals surface area contributed by atoms with Gasteiger partial charge in [-0.2, -0.15) is 0 Å². The molecule has 0 aromatic heterocycles. The van der Waals surface area contributed by atoms with Crippen LogP contribution in [-0.2, 0) is 6.42 Å². The van der Waals surface area contributed by atoms with Gasteiger partial charge in [0.25, 0.3) is 0 Å². The normalized spacial score (nSPS) is 12.0. The van der Waals surface area contributed by atoms with Crippen molar-refractivity contribution < 1.29 is 9.47 Å². The molecule has 0 aliphatic rings. The Morgan fingerprint density at radius 3 is 2.29 bits per heavy atom. The van der Waals surface area contributed by atoms with Crippen molar-refractivity contribution in [1.82, 2.24) is 0 Å². The number of hydrogen-bond donors (Lipinski definition) is 1. The first-order valence-corrected chi connectivity index (χ1v) is 7.64. The number of rotatable bonds is 5. The molecule has 3 nitrogen and oxygen atoms in total. The number of halogens is 2. The first kappa shape index (κ1) is 16.1. The SMILES string of the molecule is COc1cccc(OC)c1C(N)Cc1ccc(Br)cc1Cl. The molecule has 0 aliphatic carbocycles. The Labute approximate surface area is 138 Å². The first-order valence-electron chi connectivity index (χ1n) is 6.47. The van der Waals surface area contributed by atoms with Gasteiger partial charge in [-0.25, -0.2) is 0 Å². The zero-order valence-electron chi connectivity index (χ0n) is 11.9. The Kier molecular flexibility index (Phi) is 5.51. The van der Waals surface area contributed by atoms with Gasteiger partial charge in [0.2, 0.25) is 0 Å². The third-order valence-electron chi connectivity index (χ3n) is 3.29. The van der Waals surface area contributed by atoms with Gasteiger partial charge in [-0.3, -0.25) is 0 Å². The smallest absolute Gasteiger partial charge is 0.127 e. The van der Waals surface area contributed by atoms with Gasteiger partial charge in [-0.15, -0.1) is 0 Å². The summed E-state index contributed by atoms with van der Waals surface area (Å²) in [6, 6.07) is 11.1. The Balaban J connectivity index is 2.33. The van der Waals surface area contributed by atoms with E-state index in [1.54, 1.807) is 14.2 Å². The van der Waals surface area contributed by atoms with Gasteiger partial charge >= 0.3 is 0 Å². The maximum Gasteiger partial charge on any atom is 0.127 e. The van der Waals surface area contributed by atoms with Crippen molar-refractivity contribution in [1.29, 1.82) is 0 Å². The summed E-state index contributed by atoms with van der Waals surface area (Å²) in [6.45, 7) is 0. The molecule has 5 heteroatoms. The lowest BCUT2D eigenvalue weighted by molar-refractivity contribution is 0.379. The molecule has 0 saturated carbocycles. The standard InChI is InChI=1S/C16H17BrClNO2/c1-20-14-4-3-5-15(21-2)16(14)13(19)8-10-6-7-11(17)9-12(10)18/h3-7,9,13H,8,19H2,1-2H3. The molecule has 0 fully saturated rings. The summed E-state index contributed by atoms with van der Waals surface area (Å²) in [5.41, 5.74) is 8.19. The lowest BCUT2D eigenvalue weighted by atomic mass is 9.98. The van der Waals surface area contributed by atoms with Crippen molar-refractivity contribution in [3.05, 3.63) is 57.0 Å². The van der Waals surface area contributed by atoms with Crippen LogP contribution in [0.2, 0.25) is 5.02 Å². The Bertz CT molecular complexity index is 611. The van der Waals surface area contributed by atoms with Gasteiger partial charge in [-0.05, 0) is 36.2 Å². The van der Waals surface area contributed by atoms with Gasteiger partial charge < -0.3 is 15.2 Å². The van der Waals surface area contributed by atoms with Crippen LogP contribution in [0.3, 0.4) is 0 Å². The fourth-order valence-corrected chi connectivity index (χ4v) is 3.02. The summed E-state index contributed by atoms with van der Waals surface area (Å²) in [4.78, 5) is 0. The highest BCUT2D eigenvalue weighted by Gasteiger charge is 2.18. The van der Waals surface area contributed by atoms with E-state index >= 15 is 0 Å². The van der Waals surface area contributed by atoms with Crippen LogP contribution in [0.15, 0.2) is 40.9 Å². The van der Waals surface area contributed by atoms with Crippen molar-refractivity contribution in [2.24, 2.45) is 5.73 Å². The molecular formula is C16H17BrClNO2. The highest BCUT2D eigenvalue weighted by atomic mass is 79.9. The number of hydrogen-bond acceptors (Lipinski definition) is 3. The van der Waals surface area contributed by atoms with E-state index in [-0.39, 0.29) is 6.04 Å². The maximum atomic E-state index is 6.36. The fourth-order valence-electron chi connectivity index (χ4n) is 2.27. The predicted octanol–water partition coefficient (Wildman–Crippen LogP) is 4.36. The topological polar surface area (TPSA) is 44.5 Å². The molecule has 0 spiro atoms. The molecule has 0 bridgehead atoms. The van der Waals surface area contributed by atoms with E-state index in [4.69, 9.17) is 26.8 Å². The monoisotopic (exact) mass is 369 g/mol. The minimum atomic E-state index is -0.269. The quantitative estimate of drug-likeness (QED) is 0.850. The first-order chi connectivity index (χ1) is 10.1. The summed E-state index contributed by atoms with van der Waals surface area (Å²) in [5.74, 6) is 1.44. The van der Waals surface area contributed by atoms with Crippen LogP contribution in [-0.4, -0.2) is 14.2 Å². The van der Waals surface area contributed by atoms with Crippen LogP contribution in [0.25, 0.3) is 0 Å². The average Bonchev–Trinajstić information content (AvgIpc) is 2.49. The highest BCUT2D eigenvalue weighted by Crippen LogP contribution is 2.35. The van der Waals surface area contributed by atoms with Crippen molar-refractivity contribution in [2.45, 2.75) is 12.5 Å². The van der Waals surface area contributed by atoms with Crippen LogP contribution in [0.4, 0.5) is 0 Å². The van der Waals surface area contributed by atoms with E-state index in [2.05, 4.69) is 15.9 Å². The molecule has 2 N–H and O–H groups in total. The fraction of sp³-hybridized carbons (Fsp3) is 0.250. The molecule has 2 aromatic rings. The van der Waals surface area contributed by atoms with E-state index in [0.717, 1.165) is 27.1 Å². The van der Waals surface area contributed by atoms with Crippen LogP contribution >= 0.6 is 27.5 Å². The molecule has 0 aliphatic heterocycles. The van der Waals surface area contributed by atoms with E-state index in [0.29, 0.717) is 11.4 Å². The van der Waals surface area contributed by atoms with Gasteiger partial charge in [0.1, 0.15) is 11.5 Å². The molecule has 2 rings (SSSR count). The molecule has 0 heterocycles. The van der Waals surface area contributed by atoms with Crippen LogP contribution < -0.4 is 15.2 Å². The molecule has 1 atom stereocenters. The minimum Gasteiger partial charge on any atom is -0.496 e. The highest BCUT2D eigenvalue weighted by molar-refractivity contribution is 9.10. The second-order valence-corrected chi connectivity index (χ2v) is 5.95. The number of benzene rings is 2. The Hall–Kier alpha value is -1.23. The van der Waals surface area contributed by atoms with Gasteiger partial charge in [0, 0.05) is 15.5 Å². The summed E-state index contributed by atoms with van der Waals surface area (Å²) in [5, 5.41) is 0.689. The van der Waals surface area contributed by atoms with Crippen molar-refractivity contribution in [2.75, 3.05) is 14.2 Å². The zero-order valence-corrected chi connectivity index (χ0v) is 14.2. The number of methoxy groups -OCH3 is 2. The van der Waals surface area contributed by atoms with Gasteiger partial charge in [0.15, 0.2) is 0 Å². The molecule has 112 valence electrons. The van der Waals surface area contributed by atoms with Crippen LogP contribution in [0.5, 0.6) is 11.5 Å². The van der Waals surface area contributed by atoms with E-state index in [1.165, 1.54) is 0 Å². The molecule has 1 unspecified atom stereocenters. The summed E-state index contributed by atoms with van der Waals surface area (Å²) >= 11 is 9.66. The van der Waals surface area contributed by atoms with Crippen molar-refractivity contribution >= 4 is 27.5 Å². The lowest BCUT2D eigenvalue weighted by Crippen LogP contribution is -2.16. The number of nitrogens with two attached hydrogens (primary N) is 1. The predicted molar refractivity (Wildman–Crippen MR) is 89.3 cm³/mol. The van der Waals surface area contributed by atoms with Crippen LogP contribution in [0, 0.1) is 0 Å². The van der Waals surface area contributed by atoms with Gasteiger partial charge in [0.05, 0.1) is 19.8 Å². The summed E-state index contributed by atoms with van der Waals surface area (Å²) in [7, 11) is 3.25. The van der Waals surface area contributed by atoms with Crippen molar-refractivity contribution in [3.8, 4) is 11.5 Å². The zero-order chi connectivity index (χ0) is 15.4. The van der Waals surface area contributed by atoms with E-state index in [1.807, 2.05) is 36.4 Å². The van der Waals surface area contributed by atoms with Gasteiger partial charge in [-0.1, -0.05) is 39.7 Å². The molecule has 0 radical (unpaired) electrons. The third kappa shape index (κ3) is 3.70. The molecular weight excluding hydrogens is 354 g/mol. The summed E-state index contributed by atoms with van der Waals surface area (Å²) in [6.07, 6.45) is 0.600. The minimum absolute atomic E-state index is 0.269. The Morgan fingerprint density at radius 1 is 1.14 bits per heavy atom. The number of ether oxygens (including phenoxy) is 2. The summed E-state index contributed by atoms with van der Waals surface area (Å²) < 4.78 is 11.7. The Morgan fingerprint density at radius 2 is 1.76 bits per heavy atom. The molecule has 0 saturated heterocycles. The largest absolute Gasteiger partial charge is 0.496 e. The van der Waals surface area contributed by atoms with E-state index in [9.17, 15) is 0 Å². The maximum absolute atomic E-state index is 6.36. The molecule has 21 heavy (non-hydrogen) atoms. The van der Waals surface area contributed by atoms with Crippen LogP contribution in [0.1, 0.15) is 17.2 Å². The molecule has 0 amide bonds. The average molecular weight is 371 g/mol. The lowest BCUT2D eigenvalue weighted by Gasteiger charge is -2.19. The van der Waals surface area contributed by atoms with E-state index < -0.39 is 0 Å². The van der Waals surface area contributed by atoms with Crippen molar-refractivity contribution in [3.63, 3.8) is 0 Å². The molecule has 2 aromatic carbocycles. The second-order valence-electron chi connectivity index (χ2n) is 4.62.